The molecule has 4 nitrogen and oxygen atoms in total. The molecule has 0 unspecified atom stereocenters. The number of rotatable bonds is 3. The molecule has 0 spiro atoms. The zero-order chi connectivity index (χ0) is 13.8. The third kappa shape index (κ3) is 2.85. The van der Waals surface area contributed by atoms with E-state index in [1.807, 2.05) is 13.0 Å². The molecule has 4 heteroatoms. The number of nitrogen functional groups attached to an aromatic ring is 1. The smallest absolute Gasteiger partial charge is 0.259 e. The van der Waals surface area contributed by atoms with Gasteiger partial charge in [-0.3, -0.25) is 4.79 Å². The minimum absolute atomic E-state index is 0.0434. The molecule has 0 heterocycles. The maximum Gasteiger partial charge on any atom is 0.259 e. The van der Waals surface area contributed by atoms with Crippen LogP contribution < -0.4 is 11.1 Å². The van der Waals surface area contributed by atoms with E-state index in [0.717, 1.165) is 12.0 Å². The maximum atomic E-state index is 12.0. The number of nitrogens with two attached hydrogens (primary N) is 1. The Hall–Kier alpha value is -2.49. The minimum atomic E-state index is -0.359. The van der Waals surface area contributed by atoms with Gasteiger partial charge in [-0.2, -0.15) is 0 Å². The first-order chi connectivity index (χ1) is 9.11. The fraction of sp³-hybridized carbons (Fsp3) is 0.133. The lowest BCUT2D eigenvalue weighted by molar-refractivity contribution is 0.102. The van der Waals surface area contributed by atoms with Gasteiger partial charge in [-0.15, -0.1) is 0 Å². The van der Waals surface area contributed by atoms with Gasteiger partial charge in [-0.1, -0.05) is 25.1 Å². The molecule has 2 aromatic carbocycles. The number of hydrogen-bond acceptors (Lipinski definition) is 3. The van der Waals surface area contributed by atoms with E-state index in [-0.39, 0.29) is 17.2 Å². The number of benzene rings is 2. The van der Waals surface area contributed by atoms with Crippen LogP contribution in [0, 0.1) is 0 Å². The third-order valence-corrected chi connectivity index (χ3v) is 2.93. The van der Waals surface area contributed by atoms with E-state index in [9.17, 15) is 9.90 Å². The number of carbonyl (C=O) groups is 1. The molecule has 4 N–H and O–H groups in total. The van der Waals surface area contributed by atoms with Crippen molar-refractivity contribution in [2.24, 2.45) is 0 Å². The number of phenols is 1. The van der Waals surface area contributed by atoms with E-state index in [0.29, 0.717) is 11.4 Å². The molecule has 0 saturated heterocycles. The van der Waals surface area contributed by atoms with Gasteiger partial charge in [0.1, 0.15) is 5.75 Å². The number of carbonyl (C=O) groups excluding carboxylic acids is 1. The van der Waals surface area contributed by atoms with Crippen molar-refractivity contribution in [3.63, 3.8) is 0 Å². The highest BCUT2D eigenvalue weighted by Gasteiger charge is 2.10. The van der Waals surface area contributed by atoms with Crippen LogP contribution in [0.15, 0.2) is 42.5 Å². The highest BCUT2D eigenvalue weighted by molar-refractivity contribution is 6.06. The lowest BCUT2D eigenvalue weighted by Crippen LogP contribution is -2.12. The molecule has 2 rings (SSSR count). The van der Waals surface area contributed by atoms with Crippen molar-refractivity contribution in [2.45, 2.75) is 13.3 Å². The molecule has 0 aliphatic carbocycles. The molecule has 0 aromatic heterocycles. The predicted molar refractivity (Wildman–Crippen MR) is 76.3 cm³/mol. The highest BCUT2D eigenvalue weighted by Crippen LogP contribution is 2.21. The number of amides is 1. The molecule has 0 bridgehead atoms. The summed E-state index contributed by atoms with van der Waals surface area (Å²) in [6.45, 7) is 2.02. The van der Waals surface area contributed by atoms with Gasteiger partial charge in [-0.05, 0) is 36.2 Å². The van der Waals surface area contributed by atoms with Crippen LogP contribution in [0.5, 0.6) is 5.75 Å². The van der Waals surface area contributed by atoms with Crippen LogP contribution in [-0.4, -0.2) is 11.0 Å². The first-order valence-corrected chi connectivity index (χ1v) is 6.09. The second kappa shape index (κ2) is 5.44. The molecule has 0 atom stereocenters. The summed E-state index contributed by atoms with van der Waals surface area (Å²) in [5.41, 5.74) is 8.42. The second-order valence-electron chi connectivity index (χ2n) is 4.24. The monoisotopic (exact) mass is 256 g/mol. The summed E-state index contributed by atoms with van der Waals surface area (Å²) in [5.74, 6) is -0.403. The Morgan fingerprint density at radius 3 is 2.63 bits per heavy atom. The number of para-hydroxylation sites is 1. The highest BCUT2D eigenvalue weighted by atomic mass is 16.3. The van der Waals surface area contributed by atoms with Gasteiger partial charge < -0.3 is 16.2 Å². The quantitative estimate of drug-likeness (QED) is 0.739. The molecule has 1 amide bonds. The zero-order valence-corrected chi connectivity index (χ0v) is 10.7. The van der Waals surface area contributed by atoms with Crippen molar-refractivity contribution < 1.29 is 9.90 Å². The topological polar surface area (TPSA) is 75.3 Å². The molecule has 0 fully saturated rings. The number of anilines is 2. The van der Waals surface area contributed by atoms with Gasteiger partial charge in [0.05, 0.1) is 5.56 Å². The fourth-order valence-corrected chi connectivity index (χ4v) is 1.86. The molecular formula is C15H16N2O2. The summed E-state index contributed by atoms with van der Waals surface area (Å²) < 4.78 is 0. The van der Waals surface area contributed by atoms with Crippen molar-refractivity contribution >= 4 is 17.3 Å². The Morgan fingerprint density at radius 1 is 1.26 bits per heavy atom. The lowest BCUT2D eigenvalue weighted by atomic mass is 10.1. The Morgan fingerprint density at radius 2 is 2.00 bits per heavy atom. The molecule has 98 valence electrons. The van der Waals surface area contributed by atoms with E-state index in [2.05, 4.69) is 5.32 Å². The Bertz CT molecular complexity index is 609. The molecule has 19 heavy (non-hydrogen) atoms. The van der Waals surface area contributed by atoms with Crippen molar-refractivity contribution in [3.8, 4) is 5.75 Å². The van der Waals surface area contributed by atoms with Crippen LogP contribution in [0.25, 0.3) is 0 Å². The lowest BCUT2D eigenvalue weighted by Gasteiger charge is -2.09. The van der Waals surface area contributed by atoms with Crippen LogP contribution in [0.3, 0.4) is 0 Å². The van der Waals surface area contributed by atoms with E-state index in [4.69, 9.17) is 5.73 Å². The predicted octanol–water partition coefficient (Wildman–Crippen LogP) is 2.79. The fourth-order valence-electron chi connectivity index (χ4n) is 1.86. The first-order valence-electron chi connectivity index (χ1n) is 6.09. The zero-order valence-electron chi connectivity index (χ0n) is 10.7. The Balaban J connectivity index is 2.20. The van der Waals surface area contributed by atoms with E-state index < -0.39 is 0 Å². The van der Waals surface area contributed by atoms with Crippen molar-refractivity contribution in [2.75, 3.05) is 11.1 Å². The minimum Gasteiger partial charge on any atom is -0.507 e. The van der Waals surface area contributed by atoms with Gasteiger partial charge >= 0.3 is 0 Å². The van der Waals surface area contributed by atoms with Crippen LogP contribution in [0.4, 0.5) is 11.4 Å². The van der Waals surface area contributed by atoms with Gasteiger partial charge in [0, 0.05) is 11.4 Å². The van der Waals surface area contributed by atoms with Gasteiger partial charge in [0.15, 0.2) is 0 Å². The number of phenolic OH excluding ortho intramolecular Hbond substituents is 1. The summed E-state index contributed by atoms with van der Waals surface area (Å²) in [6, 6.07) is 11.8. The SMILES string of the molecule is CCc1ccc(NC(=O)c2ccccc2O)cc1N. The number of hydrogen-bond donors (Lipinski definition) is 3. The van der Waals surface area contributed by atoms with Gasteiger partial charge in [-0.25, -0.2) is 0 Å². The third-order valence-electron chi connectivity index (χ3n) is 2.93. The second-order valence-corrected chi connectivity index (χ2v) is 4.24. The van der Waals surface area contributed by atoms with Gasteiger partial charge in [0.25, 0.3) is 5.91 Å². The van der Waals surface area contributed by atoms with Gasteiger partial charge in [0.2, 0.25) is 0 Å². The molecule has 2 aromatic rings. The standard InChI is InChI=1S/C15H16N2O2/c1-2-10-7-8-11(9-13(10)16)17-15(19)12-5-3-4-6-14(12)18/h3-9,18H,2,16H2,1H3,(H,17,19). The summed E-state index contributed by atoms with van der Waals surface area (Å²) in [5, 5.41) is 12.3. The molecule has 0 saturated carbocycles. The molecular weight excluding hydrogens is 240 g/mol. The normalized spacial score (nSPS) is 10.2. The number of aryl methyl sites for hydroxylation is 1. The largest absolute Gasteiger partial charge is 0.507 e. The Kier molecular flexibility index (Phi) is 3.71. The van der Waals surface area contributed by atoms with E-state index >= 15 is 0 Å². The number of aromatic hydroxyl groups is 1. The van der Waals surface area contributed by atoms with Crippen molar-refractivity contribution in [3.05, 3.63) is 53.6 Å². The number of nitrogens with one attached hydrogen (secondary N) is 1. The molecule has 0 radical (unpaired) electrons. The Labute approximate surface area is 111 Å². The summed E-state index contributed by atoms with van der Waals surface area (Å²) in [7, 11) is 0. The van der Waals surface area contributed by atoms with Crippen molar-refractivity contribution in [1.82, 2.24) is 0 Å². The molecule has 0 aliphatic rings. The van der Waals surface area contributed by atoms with Crippen molar-refractivity contribution in [1.29, 1.82) is 0 Å². The van der Waals surface area contributed by atoms with E-state index in [1.54, 1.807) is 30.3 Å². The average Bonchev–Trinajstić information content (AvgIpc) is 2.39. The molecule has 0 aliphatic heterocycles. The van der Waals surface area contributed by atoms with Crippen LogP contribution in [-0.2, 0) is 6.42 Å². The van der Waals surface area contributed by atoms with Crippen LogP contribution in [0.1, 0.15) is 22.8 Å². The van der Waals surface area contributed by atoms with Crippen LogP contribution >= 0.6 is 0 Å². The summed E-state index contributed by atoms with van der Waals surface area (Å²) in [6.07, 6.45) is 0.847. The van der Waals surface area contributed by atoms with E-state index in [1.165, 1.54) is 6.07 Å². The summed E-state index contributed by atoms with van der Waals surface area (Å²) >= 11 is 0. The maximum absolute atomic E-state index is 12.0. The average molecular weight is 256 g/mol. The first kappa shape index (κ1) is 13.0. The van der Waals surface area contributed by atoms with Crippen LogP contribution in [0.2, 0.25) is 0 Å². The summed E-state index contributed by atoms with van der Waals surface area (Å²) in [4.78, 5) is 12.0.